The van der Waals surface area contributed by atoms with Crippen molar-refractivity contribution < 1.29 is 0 Å². The van der Waals surface area contributed by atoms with Crippen LogP contribution in [0.3, 0.4) is 0 Å². The molecule has 4 heteroatoms. The summed E-state index contributed by atoms with van der Waals surface area (Å²) in [7, 11) is 0. The van der Waals surface area contributed by atoms with Crippen LogP contribution in [0.15, 0.2) is 18.2 Å². The van der Waals surface area contributed by atoms with Crippen molar-refractivity contribution in [1.29, 1.82) is 0 Å². The zero-order valence-electron chi connectivity index (χ0n) is 11.5. The van der Waals surface area contributed by atoms with E-state index in [0.29, 0.717) is 6.04 Å². The van der Waals surface area contributed by atoms with E-state index >= 15 is 0 Å². The molecule has 0 saturated heterocycles. The Bertz CT molecular complexity index is 609. The molecule has 0 aliphatic heterocycles. The number of fused-ring (bicyclic) bond motifs is 1. The Labute approximate surface area is 118 Å². The first-order valence-corrected chi connectivity index (χ1v) is 7.36. The average molecular weight is 278 g/mol. The van der Waals surface area contributed by atoms with Gasteiger partial charge in [0.25, 0.3) is 0 Å². The van der Waals surface area contributed by atoms with E-state index in [4.69, 9.17) is 22.3 Å². The van der Waals surface area contributed by atoms with Gasteiger partial charge >= 0.3 is 0 Å². The monoisotopic (exact) mass is 277 g/mol. The van der Waals surface area contributed by atoms with E-state index in [0.717, 1.165) is 34.7 Å². The molecule has 2 N–H and O–H groups in total. The second-order valence-electron chi connectivity index (χ2n) is 5.90. The van der Waals surface area contributed by atoms with Crippen LogP contribution in [0, 0.1) is 0 Å². The molecule has 0 amide bonds. The highest BCUT2D eigenvalue weighted by molar-refractivity contribution is 6.31. The minimum atomic E-state index is -0.268. The molecule has 1 aliphatic carbocycles. The van der Waals surface area contributed by atoms with Crippen molar-refractivity contribution in [2.45, 2.75) is 51.1 Å². The Morgan fingerprint density at radius 2 is 2.00 bits per heavy atom. The number of hydrogen-bond donors (Lipinski definition) is 1. The van der Waals surface area contributed by atoms with Crippen LogP contribution in [0.5, 0.6) is 0 Å². The van der Waals surface area contributed by atoms with E-state index in [1.54, 1.807) is 0 Å². The molecular formula is C15H20ClN3. The highest BCUT2D eigenvalue weighted by Gasteiger charge is 2.36. The summed E-state index contributed by atoms with van der Waals surface area (Å²) in [6.07, 6.45) is 4.44. The third-order valence-electron chi connectivity index (χ3n) is 4.11. The number of rotatable bonds is 2. The molecule has 102 valence electrons. The van der Waals surface area contributed by atoms with Crippen LogP contribution < -0.4 is 5.73 Å². The van der Waals surface area contributed by atoms with E-state index < -0.39 is 0 Å². The summed E-state index contributed by atoms with van der Waals surface area (Å²) in [5, 5.41) is 0.727. The fraction of sp³-hybridized carbons (Fsp3) is 0.533. The van der Waals surface area contributed by atoms with Gasteiger partial charge < -0.3 is 10.3 Å². The fourth-order valence-corrected chi connectivity index (χ4v) is 3.34. The summed E-state index contributed by atoms with van der Waals surface area (Å²) >= 11 is 6.07. The summed E-state index contributed by atoms with van der Waals surface area (Å²) in [4.78, 5) is 4.80. The standard InChI is InChI=1S/C15H20ClN3/c1-10(2)19-13-6-5-11(16)9-12(13)18-14(19)15(17)7-3-4-8-15/h5-6,9-10H,3-4,7-8,17H2,1-2H3. The van der Waals surface area contributed by atoms with Crippen LogP contribution in [0.2, 0.25) is 5.02 Å². The summed E-state index contributed by atoms with van der Waals surface area (Å²) in [5.41, 5.74) is 8.42. The van der Waals surface area contributed by atoms with Crippen LogP contribution in [0.25, 0.3) is 11.0 Å². The molecule has 3 nitrogen and oxygen atoms in total. The van der Waals surface area contributed by atoms with E-state index in [1.807, 2.05) is 18.2 Å². The van der Waals surface area contributed by atoms with E-state index in [1.165, 1.54) is 12.8 Å². The molecule has 0 spiro atoms. The highest BCUT2D eigenvalue weighted by atomic mass is 35.5. The summed E-state index contributed by atoms with van der Waals surface area (Å²) in [5.74, 6) is 1.03. The van der Waals surface area contributed by atoms with Gasteiger partial charge in [0.1, 0.15) is 5.82 Å². The van der Waals surface area contributed by atoms with Crippen LogP contribution in [-0.4, -0.2) is 9.55 Å². The molecule has 1 aliphatic rings. The number of imidazole rings is 1. The topological polar surface area (TPSA) is 43.8 Å². The minimum absolute atomic E-state index is 0.268. The van der Waals surface area contributed by atoms with Gasteiger partial charge in [-0.15, -0.1) is 0 Å². The van der Waals surface area contributed by atoms with Gasteiger partial charge in [0.2, 0.25) is 0 Å². The van der Waals surface area contributed by atoms with Gasteiger partial charge in [0, 0.05) is 11.1 Å². The predicted octanol–water partition coefficient (Wildman–Crippen LogP) is 4.00. The Hall–Kier alpha value is -1.06. The SMILES string of the molecule is CC(C)n1c(C2(N)CCCC2)nc2cc(Cl)ccc21. The Kier molecular flexibility index (Phi) is 3.06. The third-order valence-corrected chi connectivity index (χ3v) is 4.34. The van der Waals surface area contributed by atoms with Crippen molar-refractivity contribution in [3.05, 3.63) is 29.0 Å². The predicted molar refractivity (Wildman–Crippen MR) is 79.5 cm³/mol. The number of aromatic nitrogens is 2. The normalized spacial score (nSPS) is 18.6. The second-order valence-corrected chi connectivity index (χ2v) is 6.33. The first kappa shape index (κ1) is 12.9. The molecule has 1 fully saturated rings. The smallest absolute Gasteiger partial charge is 0.130 e. The molecule has 1 aromatic heterocycles. The third kappa shape index (κ3) is 2.05. The average Bonchev–Trinajstić information content (AvgIpc) is 2.93. The minimum Gasteiger partial charge on any atom is -0.324 e. The maximum absolute atomic E-state index is 6.60. The van der Waals surface area contributed by atoms with Crippen LogP contribution in [-0.2, 0) is 5.54 Å². The molecule has 0 atom stereocenters. The van der Waals surface area contributed by atoms with Crippen molar-refractivity contribution in [3.8, 4) is 0 Å². The molecule has 1 saturated carbocycles. The van der Waals surface area contributed by atoms with Crippen molar-refractivity contribution in [2.24, 2.45) is 5.73 Å². The van der Waals surface area contributed by atoms with E-state index in [-0.39, 0.29) is 5.54 Å². The van der Waals surface area contributed by atoms with Gasteiger partial charge in [0.05, 0.1) is 16.6 Å². The zero-order chi connectivity index (χ0) is 13.6. The largest absolute Gasteiger partial charge is 0.324 e. The molecule has 1 aromatic carbocycles. The Morgan fingerprint density at radius 3 is 2.63 bits per heavy atom. The summed E-state index contributed by atoms with van der Waals surface area (Å²) < 4.78 is 2.27. The number of halogens is 1. The Balaban J connectivity index is 2.25. The summed E-state index contributed by atoms with van der Waals surface area (Å²) in [6.45, 7) is 4.36. The van der Waals surface area contributed by atoms with Gasteiger partial charge in [-0.2, -0.15) is 0 Å². The first-order valence-electron chi connectivity index (χ1n) is 6.98. The number of nitrogens with two attached hydrogens (primary N) is 1. The van der Waals surface area contributed by atoms with Crippen molar-refractivity contribution in [1.82, 2.24) is 9.55 Å². The lowest BCUT2D eigenvalue weighted by atomic mass is 9.98. The molecule has 0 radical (unpaired) electrons. The van der Waals surface area contributed by atoms with Crippen molar-refractivity contribution in [2.75, 3.05) is 0 Å². The lowest BCUT2D eigenvalue weighted by molar-refractivity contribution is 0.398. The van der Waals surface area contributed by atoms with Crippen LogP contribution in [0.1, 0.15) is 51.4 Å². The molecule has 1 heterocycles. The fourth-order valence-electron chi connectivity index (χ4n) is 3.18. The molecule has 3 rings (SSSR count). The number of hydrogen-bond acceptors (Lipinski definition) is 2. The first-order chi connectivity index (χ1) is 9.01. The maximum Gasteiger partial charge on any atom is 0.130 e. The molecule has 2 aromatic rings. The molecular weight excluding hydrogens is 258 g/mol. The van der Waals surface area contributed by atoms with Crippen molar-refractivity contribution in [3.63, 3.8) is 0 Å². The van der Waals surface area contributed by atoms with Crippen molar-refractivity contribution >= 4 is 22.6 Å². The van der Waals surface area contributed by atoms with Gasteiger partial charge in [-0.3, -0.25) is 0 Å². The zero-order valence-corrected chi connectivity index (χ0v) is 12.2. The lowest BCUT2D eigenvalue weighted by Gasteiger charge is -2.26. The Morgan fingerprint density at radius 1 is 1.32 bits per heavy atom. The highest BCUT2D eigenvalue weighted by Crippen LogP contribution is 2.38. The maximum atomic E-state index is 6.60. The van der Waals surface area contributed by atoms with E-state index in [9.17, 15) is 0 Å². The molecule has 0 bridgehead atoms. The van der Waals surface area contributed by atoms with Gasteiger partial charge in [-0.25, -0.2) is 4.98 Å². The van der Waals surface area contributed by atoms with Gasteiger partial charge in [-0.05, 0) is 44.9 Å². The molecule has 0 unspecified atom stereocenters. The summed E-state index contributed by atoms with van der Waals surface area (Å²) in [6, 6.07) is 6.25. The lowest BCUT2D eigenvalue weighted by Crippen LogP contribution is -2.36. The number of nitrogens with zero attached hydrogens (tertiary/aromatic N) is 2. The quantitative estimate of drug-likeness (QED) is 0.902. The van der Waals surface area contributed by atoms with Gasteiger partial charge in [-0.1, -0.05) is 24.4 Å². The van der Waals surface area contributed by atoms with Crippen LogP contribution in [0.4, 0.5) is 0 Å². The number of benzene rings is 1. The van der Waals surface area contributed by atoms with Gasteiger partial charge in [0.15, 0.2) is 0 Å². The molecule has 19 heavy (non-hydrogen) atoms. The second kappa shape index (κ2) is 4.50. The van der Waals surface area contributed by atoms with E-state index in [2.05, 4.69) is 18.4 Å². The van der Waals surface area contributed by atoms with Crippen LogP contribution >= 0.6 is 11.6 Å².